The minimum atomic E-state index is 0.319. The molecule has 1 aliphatic heterocycles. The van der Waals surface area contributed by atoms with Crippen LogP contribution in [0.4, 0.5) is 0 Å². The topological polar surface area (TPSA) is 23.6 Å². The van der Waals surface area contributed by atoms with Crippen molar-refractivity contribution in [2.24, 2.45) is 5.92 Å². The summed E-state index contributed by atoms with van der Waals surface area (Å²) in [5.74, 6) is 0.744. The lowest BCUT2D eigenvalue weighted by atomic mass is 9.88. The Morgan fingerprint density at radius 3 is 2.29 bits per heavy atom. The van der Waals surface area contributed by atoms with Crippen molar-refractivity contribution in [3.8, 4) is 0 Å². The molecule has 3 rings (SSSR count). The maximum absolute atomic E-state index is 12.5. The molecule has 1 saturated heterocycles. The third-order valence-corrected chi connectivity index (χ3v) is 4.89. The summed E-state index contributed by atoms with van der Waals surface area (Å²) in [6.45, 7) is 4.83. The van der Waals surface area contributed by atoms with Crippen LogP contribution >= 0.6 is 0 Å². The largest absolute Gasteiger partial charge is 0.340 e. The van der Waals surface area contributed by atoms with Crippen molar-refractivity contribution >= 4 is 5.91 Å². The van der Waals surface area contributed by atoms with E-state index >= 15 is 0 Å². The Morgan fingerprint density at radius 2 is 1.62 bits per heavy atom. The Morgan fingerprint density at radius 1 is 0.952 bits per heavy atom. The summed E-state index contributed by atoms with van der Waals surface area (Å²) >= 11 is 0. The lowest BCUT2D eigenvalue weighted by Gasteiger charge is -2.37. The molecular formula is C18H26N2O. The van der Waals surface area contributed by atoms with Gasteiger partial charge in [-0.2, -0.15) is 0 Å². The number of benzene rings is 1. The number of hydrogen-bond acceptors (Lipinski definition) is 2. The van der Waals surface area contributed by atoms with Crippen molar-refractivity contribution in [1.82, 2.24) is 9.80 Å². The van der Waals surface area contributed by atoms with E-state index in [1.807, 2.05) is 0 Å². The fourth-order valence-electron chi connectivity index (χ4n) is 3.58. The van der Waals surface area contributed by atoms with Gasteiger partial charge in [-0.05, 0) is 18.4 Å². The molecule has 1 aromatic rings. The predicted molar refractivity (Wildman–Crippen MR) is 84.9 cm³/mol. The van der Waals surface area contributed by atoms with Crippen molar-refractivity contribution in [2.75, 3.05) is 26.2 Å². The van der Waals surface area contributed by atoms with Crippen molar-refractivity contribution in [2.45, 2.75) is 38.6 Å². The lowest BCUT2D eigenvalue weighted by molar-refractivity contribution is -0.138. The van der Waals surface area contributed by atoms with Gasteiger partial charge in [-0.3, -0.25) is 9.69 Å². The molecule has 0 aromatic heterocycles. The fourth-order valence-corrected chi connectivity index (χ4v) is 3.58. The molecule has 3 heteroatoms. The van der Waals surface area contributed by atoms with Crippen molar-refractivity contribution in [1.29, 1.82) is 0 Å². The molecule has 0 unspecified atom stereocenters. The number of nitrogens with zero attached hydrogens (tertiary/aromatic N) is 2. The number of rotatable bonds is 3. The first kappa shape index (κ1) is 14.6. The van der Waals surface area contributed by atoms with E-state index in [1.165, 1.54) is 24.8 Å². The van der Waals surface area contributed by atoms with E-state index < -0.39 is 0 Å². The first-order valence-electron chi connectivity index (χ1n) is 8.38. The molecule has 114 valence electrons. The summed E-state index contributed by atoms with van der Waals surface area (Å²) in [5.41, 5.74) is 1.37. The SMILES string of the molecule is O=C(C1CCCCC1)N1CCN(Cc2ccccc2)CC1. The minimum absolute atomic E-state index is 0.319. The normalized spacial score (nSPS) is 21.4. The molecule has 0 atom stereocenters. The molecule has 21 heavy (non-hydrogen) atoms. The van der Waals surface area contributed by atoms with Crippen LogP contribution in [-0.4, -0.2) is 41.9 Å². The van der Waals surface area contributed by atoms with Gasteiger partial charge in [0.1, 0.15) is 0 Å². The Bertz CT molecular complexity index is 446. The van der Waals surface area contributed by atoms with Crippen LogP contribution in [0.25, 0.3) is 0 Å². The van der Waals surface area contributed by atoms with Crippen LogP contribution in [-0.2, 0) is 11.3 Å². The maximum Gasteiger partial charge on any atom is 0.225 e. The van der Waals surface area contributed by atoms with Gasteiger partial charge in [-0.1, -0.05) is 49.6 Å². The summed E-state index contributed by atoms with van der Waals surface area (Å²) in [6, 6.07) is 10.6. The number of carbonyl (C=O) groups excluding carboxylic acids is 1. The lowest BCUT2D eigenvalue weighted by Crippen LogP contribution is -2.50. The Kier molecular flexibility index (Phi) is 4.91. The highest BCUT2D eigenvalue weighted by Gasteiger charge is 2.28. The first-order chi connectivity index (χ1) is 10.3. The summed E-state index contributed by atoms with van der Waals surface area (Å²) < 4.78 is 0. The zero-order chi connectivity index (χ0) is 14.5. The molecule has 1 saturated carbocycles. The minimum Gasteiger partial charge on any atom is -0.340 e. The first-order valence-corrected chi connectivity index (χ1v) is 8.38. The summed E-state index contributed by atoms with van der Waals surface area (Å²) in [7, 11) is 0. The van der Waals surface area contributed by atoms with E-state index in [4.69, 9.17) is 0 Å². The van der Waals surface area contributed by atoms with E-state index in [1.54, 1.807) is 0 Å². The predicted octanol–water partition coefficient (Wildman–Crippen LogP) is 2.91. The third kappa shape index (κ3) is 3.85. The average molecular weight is 286 g/mol. The second kappa shape index (κ2) is 7.08. The molecule has 3 nitrogen and oxygen atoms in total. The van der Waals surface area contributed by atoms with Crippen molar-refractivity contribution in [3.63, 3.8) is 0 Å². The number of piperazine rings is 1. The van der Waals surface area contributed by atoms with E-state index in [0.29, 0.717) is 11.8 Å². The van der Waals surface area contributed by atoms with E-state index in [-0.39, 0.29) is 0 Å². The van der Waals surface area contributed by atoms with Gasteiger partial charge in [0.2, 0.25) is 5.91 Å². The fraction of sp³-hybridized carbons (Fsp3) is 0.611. The monoisotopic (exact) mass is 286 g/mol. The van der Waals surface area contributed by atoms with Gasteiger partial charge < -0.3 is 4.90 Å². The Hall–Kier alpha value is -1.35. The van der Waals surface area contributed by atoms with Crippen LogP contribution in [0.3, 0.4) is 0 Å². The smallest absolute Gasteiger partial charge is 0.225 e. The van der Waals surface area contributed by atoms with Gasteiger partial charge >= 0.3 is 0 Å². The van der Waals surface area contributed by atoms with Crippen LogP contribution < -0.4 is 0 Å². The highest BCUT2D eigenvalue weighted by atomic mass is 16.2. The number of carbonyl (C=O) groups is 1. The molecule has 0 radical (unpaired) electrons. The molecule has 1 aliphatic carbocycles. The average Bonchev–Trinajstić information content (AvgIpc) is 2.57. The molecule has 0 spiro atoms. The number of amides is 1. The van der Waals surface area contributed by atoms with Crippen molar-refractivity contribution < 1.29 is 4.79 Å². The second-order valence-electron chi connectivity index (χ2n) is 6.42. The molecule has 0 N–H and O–H groups in total. The van der Waals surface area contributed by atoms with Crippen LogP contribution in [0.1, 0.15) is 37.7 Å². The zero-order valence-corrected chi connectivity index (χ0v) is 12.8. The van der Waals surface area contributed by atoms with Gasteiger partial charge in [-0.15, -0.1) is 0 Å². The van der Waals surface area contributed by atoms with E-state index in [0.717, 1.165) is 45.6 Å². The zero-order valence-electron chi connectivity index (χ0n) is 12.8. The van der Waals surface area contributed by atoms with Crippen molar-refractivity contribution in [3.05, 3.63) is 35.9 Å². The van der Waals surface area contributed by atoms with Gasteiger partial charge in [0, 0.05) is 38.6 Å². The summed E-state index contributed by atoms with van der Waals surface area (Å²) in [4.78, 5) is 17.1. The molecule has 1 aromatic carbocycles. The van der Waals surface area contributed by atoms with E-state index in [2.05, 4.69) is 40.1 Å². The second-order valence-corrected chi connectivity index (χ2v) is 6.42. The molecule has 0 bridgehead atoms. The third-order valence-electron chi connectivity index (χ3n) is 4.89. The molecule has 1 heterocycles. The Labute approximate surface area is 127 Å². The summed E-state index contributed by atoms with van der Waals surface area (Å²) in [5, 5.41) is 0. The molecule has 2 aliphatic rings. The highest BCUT2D eigenvalue weighted by molar-refractivity contribution is 5.79. The standard InChI is InChI=1S/C18H26N2O/c21-18(17-9-5-2-6-10-17)20-13-11-19(12-14-20)15-16-7-3-1-4-8-16/h1,3-4,7-8,17H,2,5-6,9-15H2. The molecule has 1 amide bonds. The van der Waals surface area contributed by atoms with Crippen LogP contribution in [0.15, 0.2) is 30.3 Å². The van der Waals surface area contributed by atoms with Gasteiger partial charge in [0.15, 0.2) is 0 Å². The van der Waals surface area contributed by atoms with Crippen LogP contribution in [0.2, 0.25) is 0 Å². The van der Waals surface area contributed by atoms with Gasteiger partial charge in [-0.25, -0.2) is 0 Å². The summed E-state index contributed by atoms with van der Waals surface area (Å²) in [6.07, 6.45) is 6.02. The van der Waals surface area contributed by atoms with Crippen LogP contribution in [0, 0.1) is 5.92 Å². The number of hydrogen-bond donors (Lipinski definition) is 0. The quantitative estimate of drug-likeness (QED) is 0.853. The maximum atomic E-state index is 12.5. The molecular weight excluding hydrogens is 260 g/mol. The van der Waals surface area contributed by atoms with Gasteiger partial charge in [0.05, 0.1) is 0 Å². The Balaban J connectivity index is 1.47. The van der Waals surface area contributed by atoms with Gasteiger partial charge in [0.25, 0.3) is 0 Å². The van der Waals surface area contributed by atoms with E-state index in [9.17, 15) is 4.79 Å². The van der Waals surface area contributed by atoms with Crippen LogP contribution in [0.5, 0.6) is 0 Å². The molecule has 2 fully saturated rings. The highest BCUT2D eigenvalue weighted by Crippen LogP contribution is 2.25.